The second-order valence-corrected chi connectivity index (χ2v) is 9.77. The quantitative estimate of drug-likeness (QED) is 0.136. The third kappa shape index (κ3) is 7.69. The van der Waals surface area contributed by atoms with Gasteiger partial charge in [0, 0.05) is 34.3 Å². The summed E-state index contributed by atoms with van der Waals surface area (Å²) in [5, 5.41) is 67.7. The number of aryl methyl sites for hydroxylation is 2. The van der Waals surface area contributed by atoms with Crippen LogP contribution in [0.3, 0.4) is 0 Å². The average molecular weight is 689 g/mol. The van der Waals surface area contributed by atoms with E-state index in [2.05, 4.69) is 40.4 Å². The molecule has 4 heterocycles. The fourth-order valence-corrected chi connectivity index (χ4v) is 4.28. The molecule has 0 spiro atoms. The Morgan fingerprint density at radius 2 is 1.25 bits per heavy atom. The summed E-state index contributed by atoms with van der Waals surface area (Å²) in [7, 11) is 0. The summed E-state index contributed by atoms with van der Waals surface area (Å²) in [6.07, 6.45) is 2.72. The zero-order valence-corrected chi connectivity index (χ0v) is 25.9. The summed E-state index contributed by atoms with van der Waals surface area (Å²) >= 11 is 0. The van der Waals surface area contributed by atoms with Crippen molar-refractivity contribution in [3.63, 3.8) is 0 Å². The van der Waals surface area contributed by atoms with Gasteiger partial charge in [0.05, 0.1) is 28.0 Å². The number of fused-ring (bicyclic) bond motifs is 2. The number of nitrogens with zero attached hydrogens (tertiary/aromatic N) is 8. The van der Waals surface area contributed by atoms with Crippen LogP contribution in [0.15, 0.2) is 99.6 Å². The van der Waals surface area contributed by atoms with Gasteiger partial charge in [0.15, 0.2) is 11.6 Å². The van der Waals surface area contributed by atoms with Gasteiger partial charge in [0.25, 0.3) is 0 Å². The normalized spacial score (nSPS) is 11.0. The summed E-state index contributed by atoms with van der Waals surface area (Å²) in [4.78, 5) is 38.7. The maximum Gasteiger partial charge on any atom is 0.337 e. The third-order valence-corrected chi connectivity index (χ3v) is 6.60. The van der Waals surface area contributed by atoms with E-state index in [1.807, 2.05) is 0 Å². The largest absolute Gasteiger partial charge is 0.872 e. The minimum Gasteiger partial charge on any atom is -0.872 e. The Morgan fingerprint density at radius 1 is 0.688 bits per heavy atom. The first-order valence-electron chi connectivity index (χ1n) is 13.6. The summed E-state index contributed by atoms with van der Waals surface area (Å²) in [6, 6.07) is 16.4. The Hall–Kier alpha value is -6.41. The molecule has 0 unspecified atom stereocenters. The Kier molecular flexibility index (Phi) is 10.6. The number of rotatable bonds is 6. The number of hydrogen-bond donors (Lipinski definition) is 3. The van der Waals surface area contributed by atoms with E-state index in [-0.39, 0.29) is 67.3 Å². The smallest absolute Gasteiger partial charge is 0.337 e. The second kappa shape index (κ2) is 14.8. The zero-order chi connectivity index (χ0) is 33.7. The van der Waals surface area contributed by atoms with Crippen molar-refractivity contribution >= 4 is 56.8 Å². The number of benzene rings is 2. The number of phenolic OH excluding ortho intramolecular Hbond substituents is 1. The molecule has 0 radical (unpaired) electrons. The van der Waals surface area contributed by atoms with Crippen LogP contribution in [0.1, 0.15) is 32.1 Å². The zero-order valence-electron chi connectivity index (χ0n) is 24.9. The van der Waals surface area contributed by atoms with Crippen LogP contribution in [0.2, 0.25) is 0 Å². The summed E-state index contributed by atoms with van der Waals surface area (Å²) < 4.78 is 0. The molecule has 2 aromatic carbocycles. The van der Waals surface area contributed by atoms with Gasteiger partial charge in [-0.2, -0.15) is 0 Å². The Balaban J connectivity index is 0.000000212. The molecule has 4 aromatic heterocycles. The van der Waals surface area contributed by atoms with Crippen molar-refractivity contribution < 1.29 is 51.6 Å². The molecule has 244 valence electrons. The van der Waals surface area contributed by atoms with Crippen LogP contribution in [0.5, 0.6) is 17.2 Å². The van der Waals surface area contributed by atoms with E-state index in [0.717, 1.165) is 6.20 Å². The number of pyridine rings is 4. The molecule has 0 aliphatic rings. The van der Waals surface area contributed by atoms with Crippen molar-refractivity contribution in [2.75, 3.05) is 0 Å². The van der Waals surface area contributed by atoms with Crippen LogP contribution in [0.25, 0.3) is 21.8 Å². The van der Waals surface area contributed by atoms with Gasteiger partial charge in [-0.1, -0.05) is 29.7 Å². The van der Waals surface area contributed by atoms with Crippen LogP contribution < -0.4 is 10.2 Å². The molecule has 0 bridgehead atoms. The van der Waals surface area contributed by atoms with E-state index in [0.29, 0.717) is 33.8 Å². The monoisotopic (exact) mass is 688 g/mol. The average Bonchev–Trinajstić information content (AvgIpc) is 3.05. The molecule has 16 heteroatoms. The number of carbonyl (C=O) groups is 2. The predicted octanol–water partition coefficient (Wildman–Crippen LogP) is 5.95. The minimum absolute atomic E-state index is 0. The third-order valence-electron chi connectivity index (χ3n) is 6.60. The number of carboxylic acid groups (broad SMARTS) is 2. The van der Waals surface area contributed by atoms with E-state index < -0.39 is 11.9 Å². The molecular formula is C32H22N8NiO7-2. The molecule has 6 aromatic rings. The first-order chi connectivity index (χ1) is 22.5. The first kappa shape index (κ1) is 34.5. The van der Waals surface area contributed by atoms with Gasteiger partial charge in [-0.25, -0.2) is 29.5 Å². The number of hydrogen-bond acceptors (Lipinski definition) is 13. The molecule has 0 saturated carbocycles. The fourth-order valence-electron chi connectivity index (χ4n) is 4.28. The number of aromatic hydroxyl groups is 1. The first-order valence-corrected chi connectivity index (χ1v) is 13.6. The van der Waals surface area contributed by atoms with Crippen LogP contribution in [-0.4, -0.2) is 47.2 Å². The summed E-state index contributed by atoms with van der Waals surface area (Å²) in [5.74, 6) is -2.25. The predicted molar refractivity (Wildman–Crippen MR) is 164 cm³/mol. The number of azo groups is 2. The van der Waals surface area contributed by atoms with Gasteiger partial charge < -0.3 is 25.5 Å². The van der Waals surface area contributed by atoms with Crippen molar-refractivity contribution in [1.82, 2.24) is 19.9 Å². The topological polar surface area (TPSA) is 242 Å². The van der Waals surface area contributed by atoms with Crippen LogP contribution in [0, 0.1) is 13.8 Å². The molecule has 48 heavy (non-hydrogen) atoms. The van der Waals surface area contributed by atoms with Crippen LogP contribution >= 0.6 is 0 Å². The van der Waals surface area contributed by atoms with E-state index in [1.54, 1.807) is 37.4 Å². The maximum atomic E-state index is 12.0. The summed E-state index contributed by atoms with van der Waals surface area (Å²) in [6.45, 7) is 3.13. The second-order valence-electron chi connectivity index (χ2n) is 9.77. The van der Waals surface area contributed by atoms with Crippen molar-refractivity contribution in [2.45, 2.75) is 13.8 Å². The number of aromatic carboxylic acids is 2. The van der Waals surface area contributed by atoms with Gasteiger partial charge in [-0.15, -0.1) is 20.5 Å². The molecule has 0 atom stereocenters. The molecule has 0 fully saturated rings. The molecule has 3 N–H and O–H groups in total. The van der Waals surface area contributed by atoms with E-state index in [1.165, 1.54) is 49.4 Å². The van der Waals surface area contributed by atoms with E-state index in [4.69, 9.17) is 10.2 Å². The van der Waals surface area contributed by atoms with Gasteiger partial charge in [-0.05, 0) is 67.8 Å². The van der Waals surface area contributed by atoms with Crippen LogP contribution in [0.4, 0.5) is 23.0 Å². The Bertz CT molecular complexity index is 2210. The van der Waals surface area contributed by atoms with Crippen LogP contribution in [-0.2, 0) is 16.5 Å². The maximum absolute atomic E-state index is 12.0. The van der Waals surface area contributed by atoms with E-state index in [9.17, 15) is 24.9 Å². The Morgan fingerprint density at radius 3 is 1.79 bits per heavy atom. The molecule has 0 amide bonds. The molecule has 6 rings (SSSR count). The van der Waals surface area contributed by atoms with Crippen molar-refractivity contribution in [3.8, 4) is 17.2 Å². The standard InChI is InChI=1S/C16H12N4O4.C16H12N4O3.Ni/c1-8-10(16(23)24)6-11-13(22)4-3-12(15(11)18-8)19-20-14-5-2-9(21)7-17-14;1-9-10(16(22)23)8-11-13(21)6-5-12(15(11)18-9)19-20-14-4-2-3-7-17-14;/h2-7,21-22H,1H3,(H,23,24);2-8,21H,1H3,(H,22,23);/p-2. The van der Waals surface area contributed by atoms with Gasteiger partial charge in [0.1, 0.15) is 22.6 Å². The van der Waals surface area contributed by atoms with Gasteiger partial charge in [-0.3, -0.25) is 0 Å². The minimum atomic E-state index is -1.16. The van der Waals surface area contributed by atoms with Crippen molar-refractivity contribution in [2.24, 2.45) is 20.5 Å². The van der Waals surface area contributed by atoms with E-state index >= 15 is 0 Å². The molecule has 0 saturated heterocycles. The number of phenols is 1. The molecule has 0 aliphatic carbocycles. The van der Waals surface area contributed by atoms with Crippen molar-refractivity contribution in [1.29, 1.82) is 0 Å². The van der Waals surface area contributed by atoms with Gasteiger partial charge >= 0.3 is 11.9 Å². The molecule has 0 aliphatic heterocycles. The SMILES string of the molecule is Cc1nc2c(N=Nc3ccc([O-])cn3)ccc([O-])c2cc1C(=O)O.Cc1nc2c(N=Nc3ccccn3)ccc(O)c2cc1C(=O)O.[Ni]. The summed E-state index contributed by atoms with van der Waals surface area (Å²) in [5.41, 5.74) is 1.96. The molecule has 15 nitrogen and oxygen atoms in total. The number of carboxylic acids is 2. The van der Waals surface area contributed by atoms with Gasteiger partial charge in [0.2, 0.25) is 0 Å². The molecular weight excluding hydrogens is 667 g/mol. The Labute approximate surface area is 281 Å². The van der Waals surface area contributed by atoms with Crippen molar-refractivity contribution in [3.05, 3.63) is 102 Å². The number of aromatic nitrogens is 4. The fraction of sp³-hybridized carbons (Fsp3) is 0.0625.